The van der Waals surface area contributed by atoms with Gasteiger partial charge >= 0.3 is 11.3 Å². The van der Waals surface area contributed by atoms with E-state index in [4.69, 9.17) is 8.83 Å². The fourth-order valence-electron chi connectivity index (χ4n) is 4.11. The van der Waals surface area contributed by atoms with Crippen molar-refractivity contribution in [1.82, 2.24) is 4.98 Å². The van der Waals surface area contributed by atoms with Crippen molar-refractivity contribution >= 4 is 21.9 Å². The maximum absolute atomic E-state index is 12.9. The van der Waals surface area contributed by atoms with Gasteiger partial charge in [-0.2, -0.15) is 0 Å². The molecule has 0 aliphatic heterocycles. The minimum absolute atomic E-state index is 0.133. The van der Waals surface area contributed by atoms with Crippen LogP contribution in [0.4, 0.5) is 0 Å². The number of pyridine rings is 1. The van der Waals surface area contributed by atoms with E-state index >= 15 is 0 Å². The van der Waals surface area contributed by atoms with Gasteiger partial charge in [0.15, 0.2) is 0 Å². The van der Waals surface area contributed by atoms with Gasteiger partial charge in [-0.15, -0.1) is 0 Å². The lowest BCUT2D eigenvalue weighted by Crippen LogP contribution is -2.07. The van der Waals surface area contributed by atoms with Gasteiger partial charge in [0.05, 0.1) is 22.5 Å². The van der Waals surface area contributed by atoms with E-state index in [1.165, 1.54) is 0 Å². The second kappa shape index (κ2) is 8.11. The third kappa shape index (κ3) is 3.77. The standard InChI is InChI=1S/C29H17NO5/c31-21-11-9-17(10-12-21)20-15-24(22-13-18-5-1-3-7-26(18)34-28(22)32)30-25(16-20)23-14-19-6-2-4-8-27(19)35-29(23)33/h1-16,31H. The molecule has 6 aromatic rings. The van der Waals surface area contributed by atoms with E-state index in [-0.39, 0.29) is 16.9 Å². The number of aromatic nitrogens is 1. The Morgan fingerprint density at radius 1 is 0.571 bits per heavy atom. The average Bonchev–Trinajstić information content (AvgIpc) is 2.88. The molecule has 6 heteroatoms. The van der Waals surface area contributed by atoms with Gasteiger partial charge in [0.1, 0.15) is 16.9 Å². The van der Waals surface area contributed by atoms with Crippen LogP contribution in [0.15, 0.2) is 115 Å². The van der Waals surface area contributed by atoms with Crippen molar-refractivity contribution in [1.29, 1.82) is 0 Å². The minimum atomic E-state index is -0.532. The number of para-hydroxylation sites is 2. The summed E-state index contributed by atoms with van der Waals surface area (Å²) in [6, 6.07) is 28.1. The number of hydrogen-bond donors (Lipinski definition) is 1. The van der Waals surface area contributed by atoms with Crippen molar-refractivity contribution in [2.24, 2.45) is 0 Å². The van der Waals surface area contributed by atoms with Gasteiger partial charge in [-0.25, -0.2) is 14.6 Å². The van der Waals surface area contributed by atoms with Gasteiger partial charge < -0.3 is 13.9 Å². The highest BCUT2D eigenvalue weighted by molar-refractivity contribution is 5.85. The Kier molecular flexibility index (Phi) is 4.78. The maximum atomic E-state index is 12.9. The molecule has 0 radical (unpaired) electrons. The molecule has 0 saturated carbocycles. The molecule has 6 rings (SSSR count). The summed E-state index contributed by atoms with van der Waals surface area (Å²) in [4.78, 5) is 30.5. The van der Waals surface area contributed by atoms with Gasteiger partial charge in [0, 0.05) is 10.8 Å². The molecule has 6 nitrogen and oxygen atoms in total. The number of aromatic hydroxyl groups is 1. The number of phenolic OH excluding ortho intramolecular Hbond substituents is 1. The van der Waals surface area contributed by atoms with Crippen LogP contribution in [0.5, 0.6) is 5.75 Å². The van der Waals surface area contributed by atoms with Crippen LogP contribution in [0.2, 0.25) is 0 Å². The zero-order valence-corrected chi connectivity index (χ0v) is 18.3. The van der Waals surface area contributed by atoms with Crippen LogP contribution in [0, 0.1) is 0 Å². The molecule has 0 amide bonds. The lowest BCUT2D eigenvalue weighted by atomic mass is 10.00. The summed E-state index contributed by atoms with van der Waals surface area (Å²) in [6.07, 6.45) is 0. The lowest BCUT2D eigenvalue weighted by Gasteiger charge is -2.10. The van der Waals surface area contributed by atoms with Crippen LogP contribution in [-0.2, 0) is 0 Å². The number of nitrogens with zero attached hydrogens (tertiary/aromatic N) is 1. The number of phenols is 1. The van der Waals surface area contributed by atoms with E-state index in [0.717, 1.165) is 16.3 Å². The molecular weight excluding hydrogens is 442 g/mol. The van der Waals surface area contributed by atoms with Gasteiger partial charge in [-0.1, -0.05) is 48.5 Å². The molecule has 0 fully saturated rings. The quantitative estimate of drug-likeness (QED) is 0.326. The monoisotopic (exact) mass is 459 g/mol. The first-order valence-corrected chi connectivity index (χ1v) is 10.9. The SMILES string of the molecule is O=c1oc2ccccc2cc1-c1cc(-c2ccc(O)cc2)cc(-c2cc3ccccc3oc2=O)n1. The van der Waals surface area contributed by atoms with E-state index in [1.54, 1.807) is 72.8 Å². The minimum Gasteiger partial charge on any atom is -0.508 e. The molecule has 0 aliphatic carbocycles. The summed E-state index contributed by atoms with van der Waals surface area (Å²) in [6.45, 7) is 0. The summed E-state index contributed by atoms with van der Waals surface area (Å²) in [5, 5.41) is 11.2. The van der Waals surface area contributed by atoms with Crippen LogP contribution in [0.1, 0.15) is 0 Å². The largest absolute Gasteiger partial charge is 0.508 e. The Balaban J connectivity index is 1.63. The summed E-state index contributed by atoms with van der Waals surface area (Å²) >= 11 is 0. The molecule has 3 heterocycles. The van der Waals surface area contributed by atoms with Gasteiger partial charge in [0.25, 0.3) is 0 Å². The highest BCUT2D eigenvalue weighted by atomic mass is 16.4. The Morgan fingerprint density at radius 3 is 1.57 bits per heavy atom. The van der Waals surface area contributed by atoms with Crippen LogP contribution in [0.25, 0.3) is 55.6 Å². The predicted molar refractivity (Wildman–Crippen MR) is 134 cm³/mol. The van der Waals surface area contributed by atoms with Crippen molar-refractivity contribution in [2.75, 3.05) is 0 Å². The summed E-state index contributed by atoms with van der Waals surface area (Å²) < 4.78 is 11.1. The molecule has 0 atom stereocenters. The van der Waals surface area contributed by atoms with Crippen LogP contribution >= 0.6 is 0 Å². The van der Waals surface area contributed by atoms with Gasteiger partial charge in [0.2, 0.25) is 0 Å². The van der Waals surface area contributed by atoms with E-state index < -0.39 is 11.3 Å². The summed E-state index contributed by atoms with van der Waals surface area (Å²) in [5.74, 6) is 0.133. The average molecular weight is 459 g/mol. The summed E-state index contributed by atoms with van der Waals surface area (Å²) in [7, 11) is 0. The highest BCUT2D eigenvalue weighted by Gasteiger charge is 2.16. The Bertz CT molecular complexity index is 1740. The molecule has 1 N–H and O–H groups in total. The highest BCUT2D eigenvalue weighted by Crippen LogP contribution is 2.31. The van der Waals surface area contributed by atoms with Crippen molar-refractivity contribution in [3.63, 3.8) is 0 Å². The first kappa shape index (κ1) is 20.6. The zero-order chi connectivity index (χ0) is 23.9. The molecule has 0 unspecified atom stereocenters. The smallest absolute Gasteiger partial charge is 0.345 e. The third-order valence-electron chi connectivity index (χ3n) is 5.86. The fourth-order valence-corrected chi connectivity index (χ4v) is 4.11. The molecule has 0 spiro atoms. The number of benzene rings is 3. The maximum Gasteiger partial charge on any atom is 0.345 e. The van der Waals surface area contributed by atoms with E-state index in [1.807, 2.05) is 24.3 Å². The van der Waals surface area contributed by atoms with E-state index in [2.05, 4.69) is 4.98 Å². The molecule has 0 bridgehead atoms. The number of rotatable bonds is 3. The zero-order valence-electron chi connectivity index (χ0n) is 18.3. The third-order valence-corrected chi connectivity index (χ3v) is 5.86. The fraction of sp³-hybridized carbons (Fsp3) is 0. The van der Waals surface area contributed by atoms with E-state index in [0.29, 0.717) is 28.1 Å². The molecule has 0 saturated heterocycles. The van der Waals surface area contributed by atoms with Crippen molar-refractivity contribution in [3.05, 3.63) is 118 Å². The van der Waals surface area contributed by atoms with Crippen LogP contribution in [-0.4, -0.2) is 10.1 Å². The summed E-state index contributed by atoms with van der Waals surface area (Å²) in [5.41, 5.74) is 2.65. The van der Waals surface area contributed by atoms with Crippen LogP contribution in [0.3, 0.4) is 0 Å². The molecule has 168 valence electrons. The first-order chi connectivity index (χ1) is 17.0. The normalized spacial score (nSPS) is 11.2. The molecule has 3 aromatic heterocycles. The molecule has 0 aliphatic rings. The number of hydrogen-bond acceptors (Lipinski definition) is 6. The lowest BCUT2D eigenvalue weighted by molar-refractivity contribution is 0.475. The molecule has 35 heavy (non-hydrogen) atoms. The second-order valence-electron chi connectivity index (χ2n) is 8.14. The number of fused-ring (bicyclic) bond motifs is 2. The Labute approximate surface area is 198 Å². The van der Waals surface area contributed by atoms with E-state index in [9.17, 15) is 14.7 Å². The topological polar surface area (TPSA) is 93.5 Å². The van der Waals surface area contributed by atoms with Gasteiger partial charge in [-0.3, -0.25) is 0 Å². The second-order valence-corrected chi connectivity index (χ2v) is 8.14. The Morgan fingerprint density at radius 2 is 1.06 bits per heavy atom. The van der Waals surface area contributed by atoms with Crippen molar-refractivity contribution < 1.29 is 13.9 Å². The van der Waals surface area contributed by atoms with Crippen molar-refractivity contribution in [2.45, 2.75) is 0 Å². The Hall–Kier alpha value is -4.97. The molecular formula is C29H17NO5. The first-order valence-electron chi connectivity index (χ1n) is 10.9. The van der Waals surface area contributed by atoms with Gasteiger partial charge in [-0.05, 0) is 59.7 Å². The van der Waals surface area contributed by atoms with Crippen LogP contribution < -0.4 is 11.3 Å². The molecule has 3 aromatic carbocycles. The predicted octanol–water partition coefficient (Wildman–Crippen LogP) is 6.00. The van der Waals surface area contributed by atoms with Crippen molar-refractivity contribution in [3.8, 4) is 39.4 Å².